The molecule has 2 aliphatic rings. The maximum absolute atomic E-state index is 13.3. The first-order chi connectivity index (χ1) is 13.0. The molecule has 6 heteroatoms. The Labute approximate surface area is 160 Å². The number of fused-ring (bicyclic) bond motifs is 3. The van der Waals surface area contributed by atoms with Crippen molar-refractivity contribution in [2.45, 2.75) is 37.5 Å². The highest BCUT2D eigenvalue weighted by molar-refractivity contribution is 7.93. The van der Waals surface area contributed by atoms with Gasteiger partial charge in [0.05, 0.1) is 10.6 Å². The minimum absolute atomic E-state index is 0.122. The van der Waals surface area contributed by atoms with Gasteiger partial charge in [0.2, 0.25) is 5.91 Å². The van der Waals surface area contributed by atoms with E-state index in [1.54, 1.807) is 17.0 Å². The molecule has 1 saturated heterocycles. The van der Waals surface area contributed by atoms with E-state index in [1.165, 1.54) is 4.31 Å². The lowest BCUT2D eigenvalue weighted by Gasteiger charge is -2.34. The molecule has 4 rings (SSSR count). The van der Waals surface area contributed by atoms with Crippen LogP contribution in [0.1, 0.15) is 31.7 Å². The molecule has 0 bridgehead atoms. The van der Waals surface area contributed by atoms with Crippen molar-refractivity contribution < 1.29 is 13.2 Å². The van der Waals surface area contributed by atoms with Crippen LogP contribution in [0.4, 0.5) is 5.69 Å². The third-order valence-corrected chi connectivity index (χ3v) is 7.29. The molecule has 2 aromatic carbocycles. The van der Waals surface area contributed by atoms with Crippen LogP contribution in [0.25, 0.3) is 11.1 Å². The molecule has 0 unspecified atom stereocenters. The normalized spacial score (nSPS) is 18.0. The van der Waals surface area contributed by atoms with E-state index in [-0.39, 0.29) is 17.3 Å². The number of carbonyl (C=O) groups excluding carboxylic acids is 1. The van der Waals surface area contributed by atoms with Crippen molar-refractivity contribution in [3.8, 4) is 11.1 Å². The molecule has 0 radical (unpaired) electrons. The summed E-state index contributed by atoms with van der Waals surface area (Å²) < 4.78 is 27.9. The van der Waals surface area contributed by atoms with Crippen LogP contribution >= 0.6 is 0 Å². The van der Waals surface area contributed by atoms with Crippen LogP contribution in [-0.4, -0.2) is 38.9 Å². The molecule has 1 fully saturated rings. The number of likely N-dealkylation sites (tertiary alicyclic amines) is 1. The number of carbonyl (C=O) groups is 1. The van der Waals surface area contributed by atoms with Crippen LogP contribution < -0.4 is 4.31 Å². The highest BCUT2D eigenvalue weighted by Crippen LogP contribution is 2.43. The molecule has 0 spiro atoms. The van der Waals surface area contributed by atoms with E-state index in [9.17, 15) is 13.2 Å². The Morgan fingerprint density at radius 1 is 1.00 bits per heavy atom. The molecule has 0 atom stereocenters. The largest absolute Gasteiger partial charge is 0.341 e. The van der Waals surface area contributed by atoms with Gasteiger partial charge in [-0.3, -0.25) is 9.10 Å². The summed E-state index contributed by atoms with van der Waals surface area (Å²) in [5.41, 5.74) is 3.33. The molecular weight excluding hydrogens is 360 g/mol. The van der Waals surface area contributed by atoms with Gasteiger partial charge < -0.3 is 4.90 Å². The lowest BCUT2D eigenvalue weighted by Crippen LogP contribution is -2.45. The molecule has 2 aromatic rings. The van der Waals surface area contributed by atoms with Crippen LogP contribution in [0.5, 0.6) is 0 Å². The monoisotopic (exact) mass is 384 g/mol. The van der Waals surface area contributed by atoms with E-state index in [4.69, 9.17) is 0 Å². The van der Waals surface area contributed by atoms with Gasteiger partial charge in [0.25, 0.3) is 10.0 Å². The third kappa shape index (κ3) is 3.12. The van der Waals surface area contributed by atoms with Gasteiger partial charge in [-0.05, 0) is 49.4 Å². The van der Waals surface area contributed by atoms with Crippen molar-refractivity contribution in [1.82, 2.24) is 4.90 Å². The minimum atomic E-state index is -3.76. The Balaban J connectivity index is 1.79. The highest BCUT2D eigenvalue weighted by Gasteiger charge is 2.36. The lowest BCUT2D eigenvalue weighted by atomic mass is 9.99. The van der Waals surface area contributed by atoms with Crippen molar-refractivity contribution in [2.24, 2.45) is 0 Å². The quantitative estimate of drug-likeness (QED) is 0.815. The van der Waals surface area contributed by atoms with Gasteiger partial charge in [0.15, 0.2) is 0 Å². The van der Waals surface area contributed by atoms with Crippen molar-refractivity contribution in [3.05, 3.63) is 48.0 Å². The van der Waals surface area contributed by atoms with E-state index in [1.807, 2.05) is 30.3 Å². The number of piperidine rings is 1. The molecule has 1 amide bonds. The predicted octanol–water partition coefficient (Wildman–Crippen LogP) is 3.44. The second-order valence-electron chi connectivity index (χ2n) is 7.15. The zero-order valence-corrected chi connectivity index (χ0v) is 16.3. The average molecular weight is 385 g/mol. The zero-order valence-electron chi connectivity index (χ0n) is 15.5. The average Bonchev–Trinajstić information content (AvgIpc) is 2.71. The fourth-order valence-electron chi connectivity index (χ4n) is 3.93. The van der Waals surface area contributed by atoms with Crippen LogP contribution in [0.3, 0.4) is 0 Å². The second-order valence-corrected chi connectivity index (χ2v) is 8.99. The number of sulfonamides is 1. The standard InChI is InChI=1S/C21H24N2O3S/c1-2-16-10-11-19-18(14-16)17-8-4-5-9-20(17)27(25,26)23(19)15-21(24)22-12-6-3-7-13-22/h4-5,8-11,14H,2-3,6-7,12-13,15H2,1H3. The molecule has 0 saturated carbocycles. The summed E-state index contributed by atoms with van der Waals surface area (Å²) in [6, 6.07) is 12.9. The third-order valence-electron chi connectivity index (χ3n) is 5.47. The van der Waals surface area contributed by atoms with E-state index >= 15 is 0 Å². The van der Waals surface area contributed by atoms with Gasteiger partial charge in [-0.2, -0.15) is 0 Å². The molecule has 2 aliphatic heterocycles. The van der Waals surface area contributed by atoms with Crippen molar-refractivity contribution in [3.63, 3.8) is 0 Å². The molecule has 2 heterocycles. The first-order valence-electron chi connectivity index (χ1n) is 9.55. The number of rotatable bonds is 3. The van der Waals surface area contributed by atoms with E-state index in [0.717, 1.165) is 36.8 Å². The number of amides is 1. The lowest BCUT2D eigenvalue weighted by molar-refractivity contribution is -0.130. The fourth-order valence-corrected chi connectivity index (χ4v) is 5.58. The molecule has 0 aromatic heterocycles. The smallest absolute Gasteiger partial charge is 0.265 e. The molecule has 5 nitrogen and oxygen atoms in total. The number of aryl methyl sites for hydroxylation is 1. The van der Waals surface area contributed by atoms with Crippen LogP contribution in [0.15, 0.2) is 47.4 Å². The predicted molar refractivity (Wildman–Crippen MR) is 106 cm³/mol. The van der Waals surface area contributed by atoms with Gasteiger partial charge >= 0.3 is 0 Å². The number of hydrogen-bond donors (Lipinski definition) is 0. The van der Waals surface area contributed by atoms with E-state index in [2.05, 4.69) is 6.92 Å². The van der Waals surface area contributed by atoms with Crippen LogP contribution in [0, 0.1) is 0 Å². The number of benzene rings is 2. The summed E-state index contributed by atoms with van der Waals surface area (Å²) in [5.74, 6) is -0.122. The van der Waals surface area contributed by atoms with Crippen molar-refractivity contribution >= 4 is 21.6 Å². The maximum atomic E-state index is 13.3. The molecular formula is C21H24N2O3S. The Bertz CT molecular complexity index is 979. The zero-order chi connectivity index (χ0) is 19.0. The van der Waals surface area contributed by atoms with Crippen LogP contribution in [-0.2, 0) is 21.2 Å². The molecule has 27 heavy (non-hydrogen) atoms. The minimum Gasteiger partial charge on any atom is -0.341 e. The molecule has 0 N–H and O–H groups in total. The number of hydrogen-bond acceptors (Lipinski definition) is 3. The number of anilines is 1. The summed E-state index contributed by atoms with van der Waals surface area (Å²) in [4.78, 5) is 14.9. The Morgan fingerprint density at radius 2 is 1.74 bits per heavy atom. The highest BCUT2D eigenvalue weighted by atomic mass is 32.2. The van der Waals surface area contributed by atoms with Gasteiger partial charge in [0, 0.05) is 24.2 Å². The summed E-state index contributed by atoms with van der Waals surface area (Å²) in [5, 5.41) is 0. The maximum Gasteiger partial charge on any atom is 0.265 e. The topological polar surface area (TPSA) is 57.7 Å². The van der Waals surface area contributed by atoms with Gasteiger partial charge in [-0.25, -0.2) is 8.42 Å². The molecule has 0 aliphatic carbocycles. The number of nitrogens with zero attached hydrogens (tertiary/aromatic N) is 2. The SMILES string of the molecule is CCc1ccc2c(c1)-c1ccccc1S(=O)(=O)N2CC(=O)N1CCCCC1. The van der Waals surface area contributed by atoms with Gasteiger partial charge in [0.1, 0.15) is 6.54 Å². The van der Waals surface area contributed by atoms with Crippen molar-refractivity contribution in [1.29, 1.82) is 0 Å². The van der Waals surface area contributed by atoms with Crippen molar-refractivity contribution in [2.75, 3.05) is 23.9 Å². The van der Waals surface area contributed by atoms with E-state index < -0.39 is 10.0 Å². The Morgan fingerprint density at radius 3 is 2.48 bits per heavy atom. The van der Waals surface area contributed by atoms with Gasteiger partial charge in [-0.1, -0.05) is 31.2 Å². The second kappa shape index (κ2) is 7.00. The molecule has 142 valence electrons. The fraction of sp³-hybridized carbons (Fsp3) is 0.381. The summed E-state index contributed by atoms with van der Waals surface area (Å²) in [7, 11) is -3.76. The summed E-state index contributed by atoms with van der Waals surface area (Å²) in [6.45, 7) is 3.36. The van der Waals surface area contributed by atoms with E-state index in [0.29, 0.717) is 24.3 Å². The summed E-state index contributed by atoms with van der Waals surface area (Å²) in [6.07, 6.45) is 3.96. The Kier molecular flexibility index (Phi) is 4.68. The first-order valence-corrected chi connectivity index (χ1v) is 11.0. The summed E-state index contributed by atoms with van der Waals surface area (Å²) >= 11 is 0. The van der Waals surface area contributed by atoms with Crippen LogP contribution in [0.2, 0.25) is 0 Å². The van der Waals surface area contributed by atoms with Gasteiger partial charge in [-0.15, -0.1) is 0 Å². The Hall–Kier alpha value is -2.34. The first kappa shape index (κ1) is 18.0.